The first kappa shape index (κ1) is 14.0. The minimum absolute atomic E-state index is 0. The van der Waals surface area contributed by atoms with Crippen molar-refractivity contribution in [2.75, 3.05) is 0 Å². The molecular formula is C12H18ClNO. The Hall–Kier alpha value is -0.990. The van der Waals surface area contributed by atoms with Gasteiger partial charge < -0.3 is 10.5 Å². The van der Waals surface area contributed by atoms with Gasteiger partial charge in [0.1, 0.15) is 12.4 Å². The van der Waals surface area contributed by atoms with Crippen molar-refractivity contribution in [3.63, 3.8) is 0 Å². The summed E-state index contributed by atoms with van der Waals surface area (Å²) in [6.07, 6.45) is 0. The van der Waals surface area contributed by atoms with Gasteiger partial charge in [-0.2, -0.15) is 0 Å². The third-order valence-electron chi connectivity index (χ3n) is 1.97. The molecule has 0 aliphatic heterocycles. The summed E-state index contributed by atoms with van der Waals surface area (Å²) in [6, 6.07) is 9.96. The summed E-state index contributed by atoms with van der Waals surface area (Å²) < 4.78 is 5.47. The highest BCUT2D eigenvalue weighted by Crippen LogP contribution is 2.13. The zero-order valence-corrected chi connectivity index (χ0v) is 10.0. The average molecular weight is 228 g/mol. The van der Waals surface area contributed by atoms with Gasteiger partial charge in [0.05, 0.1) is 5.54 Å². The van der Waals surface area contributed by atoms with E-state index in [0.717, 1.165) is 5.56 Å². The summed E-state index contributed by atoms with van der Waals surface area (Å²) in [5.74, 6) is 0.612. The van der Waals surface area contributed by atoms with Crippen LogP contribution >= 0.6 is 12.4 Å². The zero-order chi connectivity index (χ0) is 10.6. The Labute approximate surface area is 97.5 Å². The maximum atomic E-state index is 5.82. The largest absolute Gasteiger partial charge is 0.492 e. The average Bonchev–Trinajstić information content (AvgIpc) is 2.14. The first-order chi connectivity index (χ1) is 6.50. The van der Waals surface area contributed by atoms with Gasteiger partial charge in [-0.1, -0.05) is 36.9 Å². The zero-order valence-electron chi connectivity index (χ0n) is 9.19. The van der Waals surface area contributed by atoms with Gasteiger partial charge >= 0.3 is 0 Å². The van der Waals surface area contributed by atoms with Crippen LogP contribution in [0.2, 0.25) is 0 Å². The molecule has 0 saturated heterocycles. The van der Waals surface area contributed by atoms with E-state index in [1.54, 1.807) is 0 Å². The van der Waals surface area contributed by atoms with E-state index in [4.69, 9.17) is 10.5 Å². The third-order valence-corrected chi connectivity index (χ3v) is 1.97. The van der Waals surface area contributed by atoms with Gasteiger partial charge in [0.2, 0.25) is 0 Å². The molecule has 0 atom stereocenters. The van der Waals surface area contributed by atoms with Crippen LogP contribution in [0.3, 0.4) is 0 Å². The van der Waals surface area contributed by atoms with Crippen molar-refractivity contribution in [3.8, 4) is 0 Å². The number of hydrogen-bond acceptors (Lipinski definition) is 2. The Morgan fingerprint density at radius 1 is 1.33 bits per heavy atom. The number of nitrogens with two attached hydrogens (primary N) is 1. The second kappa shape index (κ2) is 5.79. The first-order valence-corrected chi connectivity index (χ1v) is 4.65. The molecule has 15 heavy (non-hydrogen) atoms. The maximum absolute atomic E-state index is 5.82. The molecule has 0 amide bonds. The van der Waals surface area contributed by atoms with Gasteiger partial charge in [-0.05, 0) is 19.4 Å². The van der Waals surface area contributed by atoms with Crippen LogP contribution in [0.25, 0.3) is 0 Å². The van der Waals surface area contributed by atoms with Crippen molar-refractivity contribution in [1.82, 2.24) is 0 Å². The molecule has 1 aromatic rings. The monoisotopic (exact) mass is 227 g/mol. The van der Waals surface area contributed by atoms with Crippen LogP contribution in [0.1, 0.15) is 19.4 Å². The van der Waals surface area contributed by atoms with Gasteiger partial charge in [0, 0.05) is 0 Å². The Morgan fingerprint density at radius 3 is 2.33 bits per heavy atom. The highest BCUT2D eigenvalue weighted by molar-refractivity contribution is 5.85. The maximum Gasteiger partial charge on any atom is 0.113 e. The molecule has 0 heterocycles. The molecule has 0 fully saturated rings. The number of rotatable bonds is 4. The molecule has 0 unspecified atom stereocenters. The van der Waals surface area contributed by atoms with Crippen molar-refractivity contribution in [1.29, 1.82) is 0 Å². The van der Waals surface area contributed by atoms with Gasteiger partial charge in [0.15, 0.2) is 0 Å². The van der Waals surface area contributed by atoms with Crippen molar-refractivity contribution in [2.45, 2.75) is 26.0 Å². The van der Waals surface area contributed by atoms with Crippen LogP contribution in [0, 0.1) is 0 Å². The fraction of sp³-hybridized carbons (Fsp3) is 0.333. The molecule has 1 aromatic carbocycles. The van der Waals surface area contributed by atoms with Gasteiger partial charge in [-0.3, -0.25) is 0 Å². The summed E-state index contributed by atoms with van der Waals surface area (Å²) in [5.41, 5.74) is 6.46. The van der Waals surface area contributed by atoms with E-state index in [0.29, 0.717) is 12.4 Å². The first-order valence-electron chi connectivity index (χ1n) is 4.65. The summed E-state index contributed by atoms with van der Waals surface area (Å²) in [5, 5.41) is 0. The molecule has 1 rings (SSSR count). The van der Waals surface area contributed by atoms with E-state index in [1.165, 1.54) is 0 Å². The van der Waals surface area contributed by atoms with E-state index in [-0.39, 0.29) is 12.4 Å². The Balaban J connectivity index is 0.00000196. The van der Waals surface area contributed by atoms with Gasteiger partial charge in [-0.25, -0.2) is 0 Å². The lowest BCUT2D eigenvalue weighted by Crippen LogP contribution is -2.34. The van der Waals surface area contributed by atoms with Crippen LogP contribution in [0.15, 0.2) is 42.7 Å². The molecule has 0 saturated carbocycles. The normalized spacial score (nSPS) is 10.3. The Kier molecular flexibility index (Phi) is 5.40. The van der Waals surface area contributed by atoms with Crippen LogP contribution in [-0.2, 0) is 11.3 Å². The predicted octanol–water partition coefficient (Wildman–Crippen LogP) is 2.88. The van der Waals surface area contributed by atoms with E-state index in [1.807, 2.05) is 44.2 Å². The smallest absolute Gasteiger partial charge is 0.113 e. The summed E-state index contributed by atoms with van der Waals surface area (Å²) >= 11 is 0. The molecular weight excluding hydrogens is 210 g/mol. The lowest BCUT2D eigenvalue weighted by molar-refractivity contribution is 0.163. The van der Waals surface area contributed by atoms with Gasteiger partial charge in [-0.15, -0.1) is 12.4 Å². The highest BCUT2D eigenvalue weighted by atomic mass is 35.5. The summed E-state index contributed by atoms with van der Waals surface area (Å²) in [7, 11) is 0. The fourth-order valence-corrected chi connectivity index (χ4v) is 0.931. The fourth-order valence-electron chi connectivity index (χ4n) is 0.931. The molecule has 2 nitrogen and oxygen atoms in total. The van der Waals surface area contributed by atoms with Crippen molar-refractivity contribution < 1.29 is 4.74 Å². The van der Waals surface area contributed by atoms with Crippen molar-refractivity contribution in [2.24, 2.45) is 5.73 Å². The number of ether oxygens (including phenoxy) is 1. The second-order valence-electron chi connectivity index (χ2n) is 3.92. The molecule has 0 bridgehead atoms. The second-order valence-corrected chi connectivity index (χ2v) is 3.92. The highest BCUT2D eigenvalue weighted by Gasteiger charge is 2.16. The lowest BCUT2D eigenvalue weighted by atomic mass is 10.1. The van der Waals surface area contributed by atoms with Crippen LogP contribution in [0.5, 0.6) is 0 Å². The SMILES string of the molecule is C=C(OCc1ccccc1)C(C)(C)N.Cl. The summed E-state index contributed by atoms with van der Waals surface area (Å²) in [6.45, 7) is 8.07. The summed E-state index contributed by atoms with van der Waals surface area (Å²) in [4.78, 5) is 0. The third kappa shape index (κ3) is 4.86. The molecule has 0 aliphatic carbocycles. The number of halogens is 1. The van der Waals surface area contributed by atoms with E-state index in [2.05, 4.69) is 6.58 Å². The number of benzene rings is 1. The quantitative estimate of drug-likeness (QED) is 0.803. The minimum atomic E-state index is -0.477. The van der Waals surface area contributed by atoms with Gasteiger partial charge in [0.25, 0.3) is 0 Å². The predicted molar refractivity (Wildman–Crippen MR) is 65.9 cm³/mol. The van der Waals surface area contributed by atoms with Crippen molar-refractivity contribution >= 4 is 12.4 Å². The topological polar surface area (TPSA) is 35.2 Å². The lowest BCUT2D eigenvalue weighted by Gasteiger charge is -2.22. The molecule has 2 N–H and O–H groups in total. The standard InChI is InChI=1S/C12H17NO.ClH/c1-10(12(2,3)13)14-9-11-7-5-4-6-8-11;/h4-8H,1,9,13H2,2-3H3;1H. The molecule has 84 valence electrons. The van der Waals surface area contributed by atoms with Crippen LogP contribution in [0.4, 0.5) is 0 Å². The van der Waals surface area contributed by atoms with Crippen LogP contribution < -0.4 is 5.73 Å². The van der Waals surface area contributed by atoms with E-state index < -0.39 is 5.54 Å². The number of hydrogen-bond donors (Lipinski definition) is 1. The van der Waals surface area contributed by atoms with Crippen molar-refractivity contribution in [3.05, 3.63) is 48.2 Å². The van der Waals surface area contributed by atoms with E-state index >= 15 is 0 Å². The molecule has 3 heteroatoms. The Morgan fingerprint density at radius 2 is 1.87 bits per heavy atom. The molecule has 0 aromatic heterocycles. The minimum Gasteiger partial charge on any atom is -0.492 e. The molecule has 0 radical (unpaired) electrons. The van der Waals surface area contributed by atoms with E-state index in [9.17, 15) is 0 Å². The molecule has 0 aliphatic rings. The van der Waals surface area contributed by atoms with Crippen LogP contribution in [-0.4, -0.2) is 5.54 Å². The Bertz CT molecular complexity index is 303. The molecule has 0 spiro atoms.